The van der Waals surface area contributed by atoms with Crippen LogP contribution in [0.4, 0.5) is 0 Å². The zero-order chi connectivity index (χ0) is 21.1. The average molecular weight is 411 g/mol. The molecular weight excluding hydrogens is 380 g/mol. The fourth-order valence-corrected chi connectivity index (χ4v) is 4.84. The van der Waals surface area contributed by atoms with Gasteiger partial charge in [-0.1, -0.05) is 6.07 Å². The van der Waals surface area contributed by atoms with Crippen LogP contribution in [0.1, 0.15) is 57.3 Å². The zero-order valence-electron chi connectivity index (χ0n) is 17.2. The van der Waals surface area contributed by atoms with E-state index in [9.17, 15) is 18.0 Å². The van der Waals surface area contributed by atoms with Gasteiger partial charge in [0.1, 0.15) is 0 Å². The number of rotatable bonds is 6. The molecule has 0 N–H and O–H groups in total. The average Bonchev–Trinajstić information content (AvgIpc) is 2.65. The molecule has 0 aliphatic carbocycles. The summed E-state index contributed by atoms with van der Waals surface area (Å²) in [6.07, 6.45) is 2.96. The van der Waals surface area contributed by atoms with Crippen molar-refractivity contribution < 1.29 is 22.7 Å². The molecule has 2 rings (SSSR count). The normalized spacial score (nSPS) is 20.5. The minimum Gasteiger partial charge on any atom is -0.452 e. The van der Waals surface area contributed by atoms with Crippen molar-refractivity contribution in [3.8, 4) is 0 Å². The molecule has 0 unspecified atom stereocenters. The van der Waals surface area contributed by atoms with Gasteiger partial charge in [-0.2, -0.15) is 4.31 Å². The van der Waals surface area contributed by atoms with Crippen LogP contribution in [0.3, 0.4) is 0 Å². The van der Waals surface area contributed by atoms with Gasteiger partial charge in [0.25, 0.3) is 5.91 Å². The smallest absolute Gasteiger partial charge is 0.338 e. The second-order valence-corrected chi connectivity index (χ2v) is 9.65. The third-order valence-electron chi connectivity index (χ3n) is 5.28. The first-order valence-corrected chi connectivity index (χ1v) is 11.1. The highest BCUT2D eigenvalue weighted by atomic mass is 32.2. The summed E-state index contributed by atoms with van der Waals surface area (Å²) in [4.78, 5) is 26.7. The van der Waals surface area contributed by atoms with Crippen LogP contribution < -0.4 is 0 Å². The summed E-state index contributed by atoms with van der Waals surface area (Å²) in [5.41, 5.74) is 0.103. The number of likely N-dealkylation sites (tertiary alicyclic amines) is 1. The molecular formula is C20H30N2O5S. The number of benzene rings is 1. The van der Waals surface area contributed by atoms with Crippen LogP contribution in [0, 0.1) is 0 Å². The first kappa shape index (κ1) is 22.4. The van der Waals surface area contributed by atoms with Crippen molar-refractivity contribution in [2.75, 3.05) is 13.7 Å². The van der Waals surface area contributed by atoms with E-state index in [2.05, 4.69) is 0 Å². The molecule has 0 aromatic heterocycles. The highest BCUT2D eigenvalue weighted by Crippen LogP contribution is 2.23. The van der Waals surface area contributed by atoms with Crippen LogP contribution in [-0.2, 0) is 19.6 Å². The number of hydrogen-bond donors (Lipinski definition) is 0. The van der Waals surface area contributed by atoms with Crippen molar-refractivity contribution in [2.45, 2.75) is 70.0 Å². The Balaban J connectivity index is 2.08. The van der Waals surface area contributed by atoms with E-state index in [4.69, 9.17) is 4.74 Å². The van der Waals surface area contributed by atoms with Gasteiger partial charge in [-0.3, -0.25) is 4.79 Å². The monoisotopic (exact) mass is 410 g/mol. The molecule has 1 amide bonds. The second-order valence-electron chi connectivity index (χ2n) is 7.65. The number of nitrogens with zero attached hydrogens (tertiary/aromatic N) is 2. The van der Waals surface area contributed by atoms with Crippen molar-refractivity contribution in [3.63, 3.8) is 0 Å². The van der Waals surface area contributed by atoms with Gasteiger partial charge in [0.2, 0.25) is 10.0 Å². The Morgan fingerprint density at radius 1 is 1.21 bits per heavy atom. The SMILES string of the molecule is CC(C)N(C)S(=O)(=O)c1cccc(C(=O)OCC(=O)N2[C@H](C)CCC[C@@H]2C)c1. The van der Waals surface area contributed by atoms with E-state index in [1.54, 1.807) is 18.7 Å². The topological polar surface area (TPSA) is 84.0 Å². The van der Waals surface area contributed by atoms with Gasteiger partial charge in [0.05, 0.1) is 10.5 Å². The van der Waals surface area contributed by atoms with E-state index in [0.717, 1.165) is 19.3 Å². The molecule has 1 aliphatic heterocycles. The van der Waals surface area contributed by atoms with Gasteiger partial charge in [-0.25, -0.2) is 13.2 Å². The summed E-state index contributed by atoms with van der Waals surface area (Å²) >= 11 is 0. The lowest BCUT2D eigenvalue weighted by atomic mass is 9.97. The molecule has 0 saturated carbocycles. The second kappa shape index (κ2) is 9.05. The Morgan fingerprint density at radius 3 is 2.39 bits per heavy atom. The number of sulfonamides is 1. The van der Waals surface area contributed by atoms with Crippen LogP contribution in [0.25, 0.3) is 0 Å². The molecule has 156 valence electrons. The fraction of sp³-hybridized carbons (Fsp3) is 0.600. The van der Waals surface area contributed by atoms with E-state index in [0.29, 0.717) is 0 Å². The molecule has 1 aliphatic rings. The first-order chi connectivity index (χ1) is 13.1. The Kier molecular flexibility index (Phi) is 7.22. The molecule has 1 aromatic carbocycles. The fourth-order valence-electron chi connectivity index (χ4n) is 3.43. The molecule has 1 fully saturated rings. The standard InChI is InChI=1S/C20H30N2O5S/c1-14(2)21(5)28(25,26)18-11-7-10-17(12-18)20(24)27-13-19(23)22-15(3)8-6-9-16(22)4/h7,10-12,14-16H,6,8-9,13H2,1-5H3/t15-,16+. The zero-order valence-corrected chi connectivity index (χ0v) is 18.0. The lowest BCUT2D eigenvalue weighted by molar-refractivity contribution is -0.140. The predicted molar refractivity (Wildman–Crippen MR) is 106 cm³/mol. The number of esters is 1. The van der Waals surface area contributed by atoms with E-state index in [-0.39, 0.29) is 41.1 Å². The minimum absolute atomic E-state index is 0.0164. The third kappa shape index (κ3) is 4.91. The Morgan fingerprint density at radius 2 is 1.82 bits per heavy atom. The molecule has 0 spiro atoms. The number of carbonyl (C=O) groups is 2. The summed E-state index contributed by atoms with van der Waals surface area (Å²) in [7, 11) is -2.22. The summed E-state index contributed by atoms with van der Waals surface area (Å²) in [5.74, 6) is -0.939. The van der Waals surface area contributed by atoms with E-state index >= 15 is 0 Å². The highest BCUT2D eigenvalue weighted by Gasteiger charge is 2.30. The number of ether oxygens (including phenoxy) is 1. The Labute approximate surface area is 167 Å². The molecule has 1 saturated heterocycles. The molecule has 1 aromatic rings. The van der Waals surface area contributed by atoms with Crippen molar-refractivity contribution in [2.24, 2.45) is 0 Å². The van der Waals surface area contributed by atoms with Gasteiger partial charge >= 0.3 is 5.97 Å². The maximum Gasteiger partial charge on any atom is 0.338 e. The summed E-state index contributed by atoms with van der Waals surface area (Å²) in [6.45, 7) is 7.17. The predicted octanol–water partition coefficient (Wildman–Crippen LogP) is 2.66. The lowest BCUT2D eigenvalue weighted by Gasteiger charge is -2.38. The molecule has 2 atom stereocenters. The molecule has 0 radical (unpaired) electrons. The Bertz CT molecular complexity index is 812. The van der Waals surface area contributed by atoms with Crippen LogP contribution >= 0.6 is 0 Å². The van der Waals surface area contributed by atoms with E-state index in [1.165, 1.54) is 35.6 Å². The number of piperidine rings is 1. The Hall–Kier alpha value is -1.93. The van der Waals surface area contributed by atoms with Crippen molar-refractivity contribution in [1.82, 2.24) is 9.21 Å². The number of amides is 1. The third-order valence-corrected chi connectivity index (χ3v) is 7.31. The van der Waals surface area contributed by atoms with E-state index < -0.39 is 16.0 Å². The molecule has 1 heterocycles. The van der Waals surface area contributed by atoms with Crippen LogP contribution in [-0.4, -0.2) is 61.3 Å². The van der Waals surface area contributed by atoms with Crippen LogP contribution in [0.5, 0.6) is 0 Å². The molecule has 7 nitrogen and oxygen atoms in total. The maximum atomic E-state index is 12.6. The summed E-state index contributed by atoms with van der Waals surface area (Å²) in [6, 6.07) is 5.72. The first-order valence-electron chi connectivity index (χ1n) is 9.62. The largest absolute Gasteiger partial charge is 0.452 e. The maximum absolute atomic E-state index is 12.6. The van der Waals surface area contributed by atoms with Gasteiger partial charge in [0.15, 0.2) is 6.61 Å². The highest BCUT2D eigenvalue weighted by molar-refractivity contribution is 7.89. The lowest BCUT2D eigenvalue weighted by Crippen LogP contribution is -2.49. The van der Waals surface area contributed by atoms with Gasteiger partial charge < -0.3 is 9.64 Å². The van der Waals surface area contributed by atoms with Crippen molar-refractivity contribution >= 4 is 21.9 Å². The van der Waals surface area contributed by atoms with Crippen molar-refractivity contribution in [1.29, 1.82) is 0 Å². The minimum atomic E-state index is -3.71. The van der Waals surface area contributed by atoms with Crippen molar-refractivity contribution in [3.05, 3.63) is 29.8 Å². The van der Waals surface area contributed by atoms with Crippen LogP contribution in [0.15, 0.2) is 29.2 Å². The van der Waals surface area contributed by atoms with Gasteiger partial charge in [0, 0.05) is 25.2 Å². The summed E-state index contributed by atoms with van der Waals surface area (Å²) in [5, 5.41) is 0. The van der Waals surface area contributed by atoms with Gasteiger partial charge in [-0.15, -0.1) is 0 Å². The quantitative estimate of drug-likeness (QED) is 0.673. The van der Waals surface area contributed by atoms with Crippen LogP contribution in [0.2, 0.25) is 0 Å². The molecule has 0 bridgehead atoms. The number of hydrogen-bond acceptors (Lipinski definition) is 5. The number of carbonyl (C=O) groups excluding carboxylic acids is 2. The van der Waals surface area contributed by atoms with Gasteiger partial charge in [-0.05, 0) is 65.2 Å². The molecule has 28 heavy (non-hydrogen) atoms. The van der Waals surface area contributed by atoms with E-state index in [1.807, 2.05) is 13.8 Å². The molecule has 8 heteroatoms. The summed E-state index contributed by atoms with van der Waals surface area (Å²) < 4.78 is 31.6.